The topological polar surface area (TPSA) is 73.2 Å². The predicted octanol–water partition coefficient (Wildman–Crippen LogP) is 1.83. The molecule has 21 heavy (non-hydrogen) atoms. The lowest BCUT2D eigenvalue weighted by Crippen LogP contribution is -2.39. The quantitative estimate of drug-likeness (QED) is 0.915. The number of hydrogen-bond acceptors (Lipinski definition) is 4. The normalized spacial score (nSPS) is 20.1. The van der Waals surface area contributed by atoms with Crippen molar-refractivity contribution in [1.82, 2.24) is 9.62 Å². The van der Waals surface area contributed by atoms with Gasteiger partial charge in [-0.05, 0) is 50.6 Å². The highest BCUT2D eigenvalue weighted by molar-refractivity contribution is 7.89. The minimum absolute atomic E-state index is 0.0348. The monoisotopic (exact) mass is 327 g/mol. The number of sulfonamides is 1. The van der Waals surface area contributed by atoms with E-state index in [1.165, 1.54) is 18.2 Å². The van der Waals surface area contributed by atoms with E-state index in [4.69, 9.17) is 16.9 Å². The average Bonchev–Trinajstić information content (AvgIpc) is 2.46. The van der Waals surface area contributed by atoms with Gasteiger partial charge in [-0.3, -0.25) is 0 Å². The summed E-state index contributed by atoms with van der Waals surface area (Å²) in [5, 5.41) is 8.99. The molecule has 5 nitrogen and oxygen atoms in total. The van der Waals surface area contributed by atoms with Crippen LogP contribution in [0.15, 0.2) is 23.1 Å². The van der Waals surface area contributed by atoms with Crippen molar-refractivity contribution in [2.24, 2.45) is 5.92 Å². The van der Waals surface area contributed by atoms with Gasteiger partial charge in [-0.1, -0.05) is 11.6 Å². The zero-order valence-corrected chi connectivity index (χ0v) is 13.4. The van der Waals surface area contributed by atoms with Gasteiger partial charge < -0.3 is 4.90 Å². The molecule has 0 aromatic heterocycles. The van der Waals surface area contributed by atoms with Crippen molar-refractivity contribution in [3.05, 3.63) is 28.8 Å². The lowest BCUT2D eigenvalue weighted by molar-refractivity contribution is 0.211. The first-order chi connectivity index (χ1) is 9.92. The molecule has 1 aliphatic rings. The second kappa shape index (κ2) is 6.75. The number of nitriles is 1. The van der Waals surface area contributed by atoms with E-state index < -0.39 is 10.0 Å². The molecule has 2 rings (SSSR count). The maximum atomic E-state index is 12.3. The van der Waals surface area contributed by atoms with E-state index in [9.17, 15) is 8.42 Å². The third-order valence-electron chi connectivity index (χ3n) is 3.63. The Kier molecular flexibility index (Phi) is 5.22. The van der Waals surface area contributed by atoms with E-state index in [1.54, 1.807) is 0 Å². The number of nitrogens with one attached hydrogen (secondary N) is 1. The summed E-state index contributed by atoms with van der Waals surface area (Å²) in [5.74, 6) is 0.302. The molecule has 1 atom stereocenters. The molecule has 0 radical (unpaired) electrons. The molecule has 7 heteroatoms. The van der Waals surface area contributed by atoms with Crippen LogP contribution in [-0.4, -0.2) is 40.0 Å². The average molecular weight is 328 g/mol. The fourth-order valence-electron chi connectivity index (χ4n) is 2.52. The fourth-order valence-corrected chi connectivity index (χ4v) is 4.16. The lowest BCUT2D eigenvalue weighted by atomic mass is 9.99. The Hall–Kier alpha value is -1.13. The zero-order chi connectivity index (χ0) is 15.5. The number of likely N-dealkylation sites (tertiary alicyclic amines) is 1. The molecule has 1 fully saturated rings. The van der Waals surface area contributed by atoms with Crippen LogP contribution in [0, 0.1) is 17.2 Å². The summed E-state index contributed by atoms with van der Waals surface area (Å²) >= 11 is 5.95. The van der Waals surface area contributed by atoms with E-state index in [0.717, 1.165) is 25.9 Å². The van der Waals surface area contributed by atoms with Gasteiger partial charge in [-0.2, -0.15) is 5.26 Å². The van der Waals surface area contributed by atoms with Gasteiger partial charge in [0.05, 0.1) is 16.7 Å². The van der Waals surface area contributed by atoms with Gasteiger partial charge in [0.1, 0.15) is 4.90 Å². The Morgan fingerprint density at radius 2 is 2.29 bits per heavy atom. The number of benzene rings is 1. The van der Waals surface area contributed by atoms with Gasteiger partial charge in [0.15, 0.2) is 0 Å². The van der Waals surface area contributed by atoms with Gasteiger partial charge >= 0.3 is 0 Å². The molecule has 1 N–H and O–H groups in total. The first kappa shape index (κ1) is 16.2. The second-order valence-electron chi connectivity index (χ2n) is 5.38. The van der Waals surface area contributed by atoms with E-state index in [-0.39, 0.29) is 15.5 Å². The first-order valence-corrected chi connectivity index (χ1v) is 8.66. The first-order valence-electron chi connectivity index (χ1n) is 6.80. The number of halogens is 1. The highest BCUT2D eigenvalue weighted by Gasteiger charge is 2.22. The van der Waals surface area contributed by atoms with Gasteiger partial charge in [-0.25, -0.2) is 13.1 Å². The number of hydrogen-bond donors (Lipinski definition) is 1. The number of rotatable bonds is 4. The van der Waals surface area contributed by atoms with Crippen molar-refractivity contribution >= 4 is 21.6 Å². The molecular formula is C14H18ClN3O2S. The van der Waals surface area contributed by atoms with Crippen molar-refractivity contribution in [2.45, 2.75) is 17.7 Å². The van der Waals surface area contributed by atoms with Crippen LogP contribution in [0.3, 0.4) is 0 Å². The van der Waals surface area contributed by atoms with Gasteiger partial charge in [-0.15, -0.1) is 0 Å². The second-order valence-corrected chi connectivity index (χ2v) is 7.52. The van der Waals surface area contributed by atoms with Crippen molar-refractivity contribution in [2.75, 3.05) is 26.7 Å². The van der Waals surface area contributed by atoms with Crippen LogP contribution in [0.2, 0.25) is 5.02 Å². The summed E-state index contributed by atoms with van der Waals surface area (Å²) in [6, 6.07) is 6.15. The van der Waals surface area contributed by atoms with Crippen molar-refractivity contribution < 1.29 is 8.42 Å². The molecule has 0 aliphatic carbocycles. The molecule has 1 unspecified atom stereocenters. The van der Waals surface area contributed by atoms with E-state index >= 15 is 0 Å². The molecule has 0 spiro atoms. The lowest BCUT2D eigenvalue weighted by Gasteiger charge is -2.29. The maximum Gasteiger partial charge on any atom is 0.242 e. The van der Waals surface area contributed by atoms with Crippen LogP contribution in [0.1, 0.15) is 18.4 Å². The molecule has 1 heterocycles. The molecular weight excluding hydrogens is 310 g/mol. The van der Waals surface area contributed by atoms with Crippen LogP contribution in [-0.2, 0) is 10.0 Å². The smallest absolute Gasteiger partial charge is 0.242 e. The van der Waals surface area contributed by atoms with Crippen LogP contribution in [0.5, 0.6) is 0 Å². The van der Waals surface area contributed by atoms with Crippen LogP contribution < -0.4 is 4.72 Å². The summed E-state index contributed by atoms with van der Waals surface area (Å²) in [7, 11) is -1.66. The van der Waals surface area contributed by atoms with Crippen molar-refractivity contribution in [1.29, 1.82) is 5.26 Å². The van der Waals surface area contributed by atoms with E-state index in [1.807, 2.05) is 13.1 Å². The highest BCUT2D eigenvalue weighted by atomic mass is 35.5. The predicted molar refractivity (Wildman–Crippen MR) is 81.6 cm³/mol. The molecule has 114 valence electrons. The molecule has 0 saturated carbocycles. The number of piperidine rings is 1. The van der Waals surface area contributed by atoms with Gasteiger partial charge in [0.2, 0.25) is 10.0 Å². The maximum absolute atomic E-state index is 12.3. The molecule has 1 aromatic carbocycles. The van der Waals surface area contributed by atoms with Crippen LogP contribution in [0.4, 0.5) is 0 Å². The van der Waals surface area contributed by atoms with E-state index in [0.29, 0.717) is 12.5 Å². The third-order valence-corrected chi connectivity index (χ3v) is 5.54. The van der Waals surface area contributed by atoms with Crippen LogP contribution in [0.25, 0.3) is 0 Å². The molecule has 1 aromatic rings. The van der Waals surface area contributed by atoms with Gasteiger partial charge in [0.25, 0.3) is 0 Å². The van der Waals surface area contributed by atoms with Crippen molar-refractivity contribution in [3.8, 4) is 6.07 Å². The highest BCUT2D eigenvalue weighted by Crippen LogP contribution is 2.23. The number of nitrogens with zero attached hydrogens (tertiary/aromatic N) is 2. The standard InChI is InChI=1S/C14H18ClN3O2S/c1-18-6-2-3-12(10-18)9-17-21(19,20)14-7-11(8-16)4-5-13(14)15/h4-5,7,12,17H,2-3,6,9-10H2,1H3. The largest absolute Gasteiger partial charge is 0.306 e. The summed E-state index contributed by atoms with van der Waals surface area (Å²) < 4.78 is 27.3. The molecule has 0 amide bonds. The third kappa shape index (κ3) is 4.17. The molecule has 1 aliphatic heterocycles. The Morgan fingerprint density at radius 3 is 2.95 bits per heavy atom. The Balaban J connectivity index is 2.10. The van der Waals surface area contributed by atoms with Crippen LogP contribution >= 0.6 is 11.6 Å². The Labute approximate surface area is 130 Å². The Morgan fingerprint density at radius 1 is 1.52 bits per heavy atom. The Bertz CT molecular complexity index is 655. The van der Waals surface area contributed by atoms with Crippen molar-refractivity contribution in [3.63, 3.8) is 0 Å². The fraction of sp³-hybridized carbons (Fsp3) is 0.500. The summed E-state index contributed by atoms with van der Waals surface area (Å²) in [5.41, 5.74) is 0.275. The molecule has 1 saturated heterocycles. The summed E-state index contributed by atoms with van der Waals surface area (Å²) in [6.07, 6.45) is 2.09. The zero-order valence-electron chi connectivity index (χ0n) is 11.8. The summed E-state index contributed by atoms with van der Waals surface area (Å²) in [4.78, 5) is 2.17. The van der Waals surface area contributed by atoms with Gasteiger partial charge in [0, 0.05) is 13.1 Å². The minimum atomic E-state index is -3.69. The van der Waals surface area contributed by atoms with E-state index in [2.05, 4.69) is 9.62 Å². The minimum Gasteiger partial charge on any atom is -0.306 e. The SMILES string of the molecule is CN1CCCC(CNS(=O)(=O)c2cc(C#N)ccc2Cl)C1. The summed E-state index contributed by atoms with van der Waals surface area (Å²) in [6.45, 7) is 2.33. The molecule has 0 bridgehead atoms.